The van der Waals surface area contributed by atoms with Gasteiger partial charge in [0, 0.05) is 41.1 Å². The molecule has 0 radical (unpaired) electrons. The van der Waals surface area contributed by atoms with E-state index in [1.54, 1.807) is 20.3 Å². The van der Waals surface area contributed by atoms with Crippen molar-refractivity contribution in [2.24, 2.45) is 11.3 Å². The van der Waals surface area contributed by atoms with E-state index in [4.69, 9.17) is 4.52 Å². The van der Waals surface area contributed by atoms with E-state index in [0.29, 0.717) is 27.2 Å². The second kappa shape index (κ2) is 6.95. The first kappa shape index (κ1) is 19.9. The Labute approximate surface area is 163 Å². The van der Waals surface area contributed by atoms with Crippen LogP contribution in [0, 0.1) is 15.2 Å². The van der Waals surface area contributed by atoms with E-state index in [2.05, 4.69) is 20.3 Å². The number of aliphatic hydroxyl groups is 1. The minimum atomic E-state index is -4.68. The maximum atomic E-state index is 11.4. The minimum absolute atomic E-state index is 0.132. The molecule has 2 aromatic rings. The number of imidazole rings is 1. The van der Waals surface area contributed by atoms with Crippen LogP contribution in [-0.4, -0.2) is 54.2 Å². The van der Waals surface area contributed by atoms with Gasteiger partial charge in [0.1, 0.15) is 0 Å². The molecule has 0 aliphatic heterocycles. The summed E-state index contributed by atoms with van der Waals surface area (Å²) < 4.78 is 18.8. The fourth-order valence-electron chi connectivity index (χ4n) is 3.66. The van der Waals surface area contributed by atoms with E-state index in [1.165, 1.54) is 0 Å². The Bertz CT molecular complexity index is 873. The van der Waals surface area contributed by atoms with Gasteiger partial charge in [-0.1, -0.05) is 13.8 Å². The quantitative estimate of drug-likeness (QED) is 0.275. The molecule has 26 heavy (non-hydrogen) atoms. The van der Waals surface area contributed by atoms with Crippen molar-refractivity contribution in [3.63, 3.8) is 0 Å². The van der Waals surface area contributed by atoms with E-state index >= 15 is 0 Å². The average Bonchev–Trinajstić information content (AvgIpc) is 3.07. The van der Waals surface area contributed by atoms with Crippen molar-refractivity contribution >= 4 is 47.4 Å². The maximum absolute atomic E-state index is 11.4. The lowest BCUT2D eigenvalue weighted by Crippen LogP contribution is -2.37. The topological polar surface area (TPSA) is 143 Å². The highest BCUT2D eigenvalue weighted by molar-refractivity contribution is 14.1. The molecule has 144 valence electrons. The molecular weight excluding hydrogens is 476 g/mol. The zero-order chi connectivity index (χ0) is 19.3. The molecule has 0 unspecified atom stereocenters. The number of aromatic nitrogens is 4. The molecule has 2 heterocycles. The van der Waals surface area contributed by atoms with Crippen LogP contribution in [0.25, 0.3) is 11.2 Å². The number of fused-ring (bicyclic) bond motifs is 1. The summed E-state index contributed by atoms with van der Waals surface area (Å²) in [6, 6.07) is -0.191. The minimum Gasteiger partial charge on any atom is -0.396 e. The van der Waals surface area contributed by atoms with Gasteiger partial charge < -0.3 is 24.8 Å². The third-order valence-corrected chi connectivity index (χ3v) is 6.41. The molecule has 1 saturated carbocycles. The number of phosphoric ester groups is 1. The summed E-state index contributed by atoms with van der Waals surface area (Å²) in [5.74, 6) is 0.476. The third kappa shape index (κ3) is 3.36. The SMILES string of the molecule is CNc1nc(I)nc2c1ncn2[C@H]1C[C@H](OP(=O)(O)O)[C@@](C)(CO)[C@@H]1C. The van der Waals surface area contributed by atoms with Gasteiger partial charge in [-0.05, 0) is 12.3 Å². The van der Waals surface area contributed by atoms with Crippen molar-refractivity contribution in [3.8, 4) is 0 Å². The van der Waals surface area contributed by atoms with Crippen molar-refractivity contribution in [3.05, 3.63) is 10.2 Å². The number of phosphoric acid groups is 1. The zero-order valence-corrected chi connectivity index (χ0v) is 17.5. The van der Waals surface area contributed by atoms with Gasteiger partial charge in [-0.3, -0.25) is 4.52 Å². The zero-order valence-electron chi connectivity index (χ0n) is 14.5. The first-order chi connectivity index (χ1) is 12.1. The predicted octanol–water partition coefficient (Wildman–Crippen LogP) is 1.53. The summed E-state index contributed by atoms with van der Waals surface area (Å²) in [5.41, 5.74) is 0.432. The standard InChI is InChI=1S/C14H21IN5O5P/c1-7-8(4-9(14(7,2)5-21)25-26(22,23)24)20-6-17-10-11(16-3)18-13(15)19-12(10)20/h6-9,21H,4-5H2,1-3H3,(H,16,18,19)(H2,22,23,24)/t7-,8+,9+,14+/m1/s1. The number of nitrogens with zero attached hydrogens (tertiary/aromatic N) is 4. The second-order valence-electron chi connectivity index (χ2n) is 6.76. The molecule has 4 atom stereocenters. The largest absolute Gasteiger partial charge is 0.469 e. The summed E-state index contributed by atoms with van der Waals surface area (Å²) in [6.45, 7) is 3.45. The number of anilines is 1. The van der Waals surface area contributed by atoms with Gasteiger partial charge in [-0.2, -0.15) is 0 Å². The van der Waals surface area contributed by atoms with Gasteiger partial charge in [-0.15, -0.1) is 0 Å². The molecular formula is C14H21IN5O5P. The van der Waals surface area contributed by atoms with Gasteiger partial charge in [0.25, 0.3) is 0 Å². The van der Waals surface area contributed by atoms with Gasteiger partial charge in [0.05, 0.1) is 19.0 Å². The second-order valence-corrected chi connectivity index (χ2v) is 8.91. The average molecular weight is 497 g/mol. The number of halogens is 1. The van der Waals surface area contributed by atoms with Gasteiger partial charge >= 0.3 is 7.82 Å². The predicted molar refractivity (Wildman–Crippen MR) is 103 cm³/mol. The molecule has 3 rings (SSSR count). The molecule has 0 saturated heterocycles. The normalized spacial score (nSPS) is 29.4. The number of rotatable bonds is 5. The van der Waals surface area contributed by atoms with Crippen LogP contribution in [0.3, 0.4) is 0 Å². The van der Waals surface area contributed by atoms with E-state index in [1.807, 2.05) is 34.1 Å². The molecule has 10 nitrogen and oxygen atoms in total. The number of aliphatic hydroxyl groups excluding tert-OH is 1. The van der Waals surface area contributed by atoms with Crippen molar-refractivity contribution in [2.45, 2.75) is 32.4 Å². The monoisotopic (exact) mass is 497 g/mol. The van der Waals surface area contributed by atoms with Crippen LogP contribution >= 0.6 is 30.4 Å². The highest BCUT2D eigenvalue weighted by atomic mass is 127. The smallest absolute Gasteiger partial charge is 0.396 e. The van der Waals surface area contributed by atoms with Gasteiger partial charge in [-0.25, -0.2) is 19.5 Å². The highest BCUT2D eigenvalue weighted by Crippen LogP contribution is 2.55. The van der Waals surface area contributed by atoms with Crippen molar-refractivity contribution < 1.29 is 24.0 Å². The fourth-order valence-corrected chi connectivity index (χ4v) is 4.79. The molecule has 0 bridgehead atoms. The van der Waals surface area contributed by atoms with Crippen LogP contribution in [0.2, 0.25) is 0 Å². The number of nitrogens with one attached hydrogen (secondary N) is 1. The summed E-state index contributed by atoms with van der Waals surface area (Å²) in [6.07, 6.45) is 1.18. The van der Waals surface area contributed by atoms with Gasteiger partial charge in [0.15, 0.2) is 20.8 Å². The molecule has 0 spiro atoms. The first-order valence-corrected chi connectivity index (χ1v) is 10.6. The lowest BCUT2D eigenvalue weighted by Gasteiger charge is -2.33. The molecule has 12 heteroatoms. The van der Waals surface area contributed by atoms with Crippen LogP contribution in [0.5, 0.6) is 0 Å². The number of hydrogen-bond donors (Lipinski definition) is 4. The molecule has 0 aromatic carbocycles. The van der Waals surface area contributed by atoms with Crippen LogP contribution in [-0.2, 0) is 9.09 Å². The Morgan fingerprint density at radius 1 is 1.50 bits per heavy atom. The maximum Gasteiger partial charge on any atom is 0.469 e. The Balaban J connectivity index is 2.06. The van der Waals surface area contributed by atoms with Crippen molar-refractivity contribution in [2.75, 3.05) is 19.0 Å². The van der Waals surface area contributed by atoms with E-state index in [0.717, 1.165) is 0 Å². The molecule has 4 N–H and O–H groups in total. The van der Waals surface area contributed by atoms with Crippen LogP contribution < -0.4 is 5.32 Å². The van der Waals surface area contributed by atoms with E-state index in [9.17, 15) is 19.5 Å². The van der Waals surface area contributed by atoms with E-state index < -0.39 is 19.3 Å². The summed E-state index contributed by atoms with van der Waals surface area (Å²) >= 11 is 2.02. The Kier molecular flexibility index (Phi) is 5.32. The van der Waals surface area contributed by atoms with Crippen LogP contribution in [0.1, 0.15) is 26.3 Å². The molecule has 1 aliphatic rings. The Morgan fingerprint density at radius 3 is 2.77 bits per heavy atom. The summed E-state index contributed by atoms with van der Waals surface area (Å²) in [7, 11) is -2.93. The lowest BCUT2D eigenvalue weighted by molar-refractivity contribution is -0.00383. The lowest BCUT2D eigenvalue weighted by atomic mass is 9.79. The van der Waals surface area contributed by atoms with Crippen LogP contribution in [0.4, 0.5) is 5.82 Å². The van der Waals surface area contributed by atoms with Crippen LogP contribution in [0.15, 0.2) is 6.33 Å². The Hall–Kier alpha value is -0.850. The summed E-state index contributed by atoms with van der Waals surface area (Å²) in [5, 5.41) is 12.9. The first-order valence-electron chi connectivity index (χ1n) is 8.03. The van der Waals surface area contributed by atoms with Crippen molar-refractivity contribution in [1.82, 2.24) is 19.5 Å². The fraction of sp³-hybridized carbons (Fsp3) is 0.643. The summed E-state index contributed by atoms with van der Waals surface area (Å²) in [4.78, 5) is 31.7. The molecule has 2 aromatic heterocycles. The highest BCUT2D eigenvalue weighted by Gasteiger charge is 2.53. The van der Waals surface area contributed by atoms with Crippen molar-refractivity contribution in [1.29, 1.82) is 0 Å². The molecule has 0 amide bonds. The molecule has 1 aliphatic carbocycles. The van der Waals surface area contributed by atoms with Gasteiger partial charge in [0.2, 0.25) is 0 Å². The Morgan fingerprint density at radius 2 is 2.19 bits per heavy atom. The van der Waals surface area contributed by atoms with E-state index in [-0.39, 0.29) is 18.6 Å². The number of hydrogen-bond acceptors (Lipinski definition) is 7. The third-order valence-electron chi connectivity index (χ3n) is 5.40. The molecule has 1 fully saturated rings.